The van der Waals surface area contributed by atoms with Gasteiger partial charge in [-0.1, -0.05) is 14.9 Å². The van der Waals surface area contributed by atoms with Crippen LogP contribution < -0.4 is 5.32 Å². The first-order valence-electron chi connectivity index (χ1n) is 9.30. The highest BCUT2D eigenvalue weighted by atomic mass is 19.3. The summed E-state index contributed by atoms with van der Waals surface area (Å²) >= 11 is 0. The van der Waals surface area contributed by atoms with Crippen molar-refractivity contribution >= 4 is 11.7 Å². The number of pyridine rings is 1. The van der Waals surface area contributed by atoms with Gasteiger partial charge in [0.2, 0.25) is 0 Å². The van der Waals surface area contributed by atoms with Gasteiger partial charge in [0.05, 0.1) is 24.0 Å². The van der Waals surface area contributed by atoms with Crippen molar-refractivity contribution in [2.24, 2.45) is 0 Å². The lowest BCUT2D eigenvalue weighted by Gasteiger charge is -2.28. The fraction of sp³-hybridized carbons (Fsp3) is 0.550. The summed E-state index contributed by atoms with van der Waals surface area (Å²) in [7, 11) is 0. The molecule has 0 radical (unpaired) electrons. The predicted octanol–water partition coefficient (Wildman–Crippen LogP) is 4.46. The van der Waals surface area contributed by atoms with Gasteiger partial charge in [0.15, 0.2) is 5.82 Å². The molecule has 2 aromatic heterocycles. The van der Waals surface area contributed by atoms with E-state index in [1.54, 1.807) is 0 Å². The molecule has 2 aliphatic rings. The number of aliphatic hydroxyl groups excluding tert-OH is 1. The van der Waals surface area contributed by atoms with Crippen LogP contribution in [-0.2, 0) is 25.4 Å². The van der Waals surface area contributed by atoms with Gasteiger partial charge in [-0.3, -0.25) is 9.67 Å². The number of amides is 2. The van der Waals surface area contributed by atoms with E-state index in [-0.39, 0.29) is 58.6 Å². The fourth-order valence-electron chi connectivity index (χ4n) is 3.84. The molecule has 4 heterocycles. The van der Waals surface area contributed by atoms with Gasteiger partial charge in [-0.25, -0.2) is 18.0 Å². The number of halogens is 5. The standard InChI is InChI=1S/C18H18F5N5O2.2CH4/c19-13-12(1-4-24-14(13)16(20)21)25-17(30)27-5-3-11-10(8-27)15-18(22,23)7-9(29)2-6-28(15)26-11;;/h1,4,9,16,29H,2-3,5-8H2,(H,24,25,30);2*1H4/t9-;;/m0../s1. The number of fused-ring (bicyclic) bond motifs is 3. The summed E-state index contributed by atoms with van der Waals surface area (Å²) in [5, 5.41) is 16.1. The summed E-state index contributed by atoms with van der Waals surface area (Å²) in [4.78, 5) is 17.0. The largest absolute Gasteiger partial charge is 0.393 e. The van der Waals surface area contributed by atoms with Crippen molar-refractivity contribution in [3.63, 3.8) is 0 Å². The van der Waals surface area contributed by atoms with E-state index in [9.17, 15) is 31.9 Å². The monoisotopic (exact) mass is 463 g/mol. The molecule has 7 nitrogen and oxygen atoms in total. The number of hydrogen-bond donors (Lipinski definition) is 2. The van der Waals surface area contributed by atoms with Crippen LogP contribution in [0.25, 0.3) is 0 Å². The second-order valence-corrected chi connectivity index (χ2v) is 7.31. The van der Waals surface area contributed by atoms with Crippen LogP contribution in [0.2, 0.25) is 0 Å². The quantitative estimate of drug-likeness (QED) is 0.644. The number of aryl methyl sites for hydroxylation is 1. The van der Waals surface area contributed by atoms with E-state index in [2.05, 4.69) is 15.4 Å². The molecule has 0 saturated heterocycles. The van der Waals surface area contributed by atoms with Gasteiger partial charge < -0.3 is 15.3 Å². The Kier molecular flexibility index (Phi) is 7.48. The summed E-state index contributed by atoms with van der Waals surface area (Å²) in [6, 6.07) is 0.221. The number of nitrogens with zero attached hydrogens (tertiary/aromatic N) is 4. The van der Waals surface area contributed by atoms with E-state index < -0.39 is 48.1 Å². The number of anilines is 1. The maximum atomic E-state index is 14.7. The van der Waals surface area contributed by atoms with Gasteiger partial charge >= 0.3 is 6.03 Å². The van der Waals surface area contributed by atoms with Gasteiger partial charge in [0.25, 0.3) is 12.3 Å². The molecule has 2 amide bonds. The zero-order valence-corrected chi connectivity index (χ0v) is 15.6. The number of carbonyl (C=O) groups excluding carboxylic acids is 1. The molecule has 178 valence electrons. The van der Waals surface area contributed by atoms with Crippen LogP contribution >= 0.6 is 0 Å². The molecule has 0 fully saturated rings. The van der Waals surface area contributed by atoms with E-state index in [4.69, 9.17) is 0 Å². The first-order valence-corrected chi connectivity index (χ1v) is 9.30. The van der Waals surface area contributed by atoms with Crippen LogP contribution in [0.1, 0.15) is 56.8 Å². The highest BCUT2D eigenvalue weighted by Gasteiger charge is 2.44. The number of aromatic nitrogens is 3. The Labute approximate surface area is 182 Å². The van der Waals surface area contributed by atoms with Crippen molar-refractivity contribution in [1.82, 2.24) is 19.7 Å². The molecule has 0 aliphatic carbocycles. The minimum Gasteiger partial charge on any atom is -0.393 e. The Morgan fingerprint density at radius 1 is 1.28 bits per heavy atom. The smallest absolute Gasteiger partial charge is 0.322 e. The molecule has 1 atom stereocenters. The minimum atomic E-state index is -3.32. The number of aliphatic hydroxyl groups is 1. The summed E-state index contributed by atoms with van der Waals surface area (Å²) < 4.78 is 70.3. The molecule has 4 rings (SSSR count). The molecule has 0 saturated carbocycles. The van der Waals surface area contributed by atoms with Crippen molar-refractivity contribution < 1.29 is 31.9 Å². The average Bonchev–Trinajstić information content (AvgIpc) is 3.00. The molecule has 32 heavy (non-hydrogen) atoms. The van der Waals surface area contributed by atoms with Crippen molar-refractivity contribution in [2.45, 2.75) is 65.7 Å². The Bertz CT molecular complexity index is 982. The second-order valence-electron chi connectivity index (χ2n) is 7.31. The van der Waals surface area contributed by atoms with Gasteiger partial charge in [-0.15, -0.1) is 0 Å². The molecule has 12 heteroatoms. The van der Waals surface area contributed by atoms with Gasteiger partial charge in [-0.05, 0) is 12.5 Å². The zero-order valence-electron chi connectivity index (χ0n) is 15.6. The number of hydrogen-bond acceptors (Lipinski definition) is 4. The lowest BCUT2D eigenvalue weighted by molar-refractivity contribution is -0.0507. The van der Waals surface area contributed by atoms with Gasteiger partial charge in [-0.2, -0.15) is 13.9 Å². The second kappa shape index (κ2) is 9.39. The topological polar surface area (TPSA) is 83.3 Å². The third-order valence-electron chi connectivity index (χ3n) is 5.27. The number of urea groups is 1. The molecule has 0 unspecified atom stereocenters. The number of nitrogens with one attached hydrogen (secondary N) is 1. The molecule has 2 N–H and O–H groups in total. The number of alkyl halides is 4. The highest BCUT2D eigenvalue weighted by molar-refractivity contribution is 5.89. The molecule has 2 aromatic rings. The summed E-state index contributed by atoms with van der Waals surface area (Å²) in [5.41, 5.74) is -1.26. The average molecular weight is 463 g/mol. The van der Waals surface area contributed by atoms with E-state index >= 15 is 0 Å². The summed E-state index contributed by atoms with van der Waals surface area (Å²) in [6.45, 7) is 0.0679. The van der Waals surface area contributed by atoms with Crippen molar-refractivity contribution in [2.75, 3.05) is 11.9 Å². The Morgan fingerprint density at radius 3 is 2.69 bits per heavy atom. The normalized spacial score (nSPS) is 19.2. The predicted molar refractivity (Wildman–Crippen MR) is 107 cm³/mol. The molecular formula is C20H26F5N5O2. The molecule has 2 aliphatic heterocycles. The zero-order chi connectivity index (χ0) is 21.6. The SMILES string of the molecule is C.C.O=C(Nc1ccnc(C(F)F)c1F)N1CCc2nn3c(c2C1)C(F)(F)C[C@@H](O)CC3. The molecular weight excluding hydrogens is 437 g/mol. The Morgan fingerprint density at radius 2 is 2.00 bits per heavy atom. The minimum absolute atomic E-state index is 0. The molecule has 0 bridgehead atoms. The summed E-state index contributed by atoms with van der Waals surface area (Å²) in [6.07, 6.45) is -3.77. The van der Waals surface area contributed by atoms with E-state index in [0.717, 1.165) is 12.3 Å². The van der Waals surface area contributed by atoms with Gasteiger partial charge in [0, 0.05) is 37.7 Å². The van der Waals surface area contributed by atoms with Crippen LogP contribution in [0.5, 0.6) is 0 Å². The van der Waals surface area contributed by atoms with Crippen LogP contribution in [0.15, 0.2) is 12.3 Å². The molecule has 0 aromatic carbocycles. The third-order valence-corrected chi connectivity index (χ3v) is 5.27. The van der Waals surface area contributed by atoms with Crippen LogP contribution in [0, 0.1) is 5.82 Å². The van der Waals surface area contributed by atoms with Crippen molar-refractivity contribution in [3.05, 3.63) is 40.7 Å². The highest BCUT2D eigenvalue weighted by Crippen LogP contribution is 2.40. The van der Waals surface area contributed by atoms with Crippen LogP contribution in [0.3, 0.4) is 0 Å². The van der Waals surface area contributed by atoms with E-state index in [0.29, 0.717) is 5.69 Å². The Balaban J connectivity index is 0.00000181. The summed E-state index contributed by atoms with van der Waals surface area (Å²) in [5.74, 6) is -4.67. The maximum Gasteiger partial charge on any atom is 0.322 e. The first-order chi connectivity index (χ1) is 14.2. The fourth-order valence-corrected chi connectivity index (χ4v) is 3.84. The maximum absolute atomic E-state index is 14.7. The van der Waals surface area contributed by atoms with Crippen LogP contribution in [0.4, 0.5) is 32.4 Å². The van der Waals surface area contributed by atoms with Crippen molar-refractivity contribution in [1.29, 1.82) is 0 Å². The number of carbonyl (C=O) groups is 1. The lowest BCUT2D eigenvalue weighted by atomic mass is 9.99. The Hall–Kier alpha value is -2.76. The van der Waals surface area contributed by atoms with E-state index in [1.165, 1.54) is 9.58 Å². The van der Waals surface area contributed by atoms with Crippen molar-refractivity contribution in [3.8, 4) is 0 Å². The first kappa shape index (κ1) is 25.5. The lowest BCUT2D eigenvalue weighted by Crippen LogP contribution is -2.39. The van der Waals surface area contributed by atoms with Crippen LogP contribution in [-0.4, -0.2) is 43.5 Å². The van der Waals surface area contributed by atoms with Gasteiger partial charge in [0.1, 0.15) is 11.4 Å². The van der Waals surface area contributed by atoms with E-state index in [1.807, 2.05) is 0 Å². The number of rotatable bonds is 2. The molecule has 0 spiro atoms. The third kappa shape index (κ3) is 4.54.